The number of halogens is 1. The van der Waals surface area contributed by atoms with Crippen molar-refractivity contribution in [2.24, 2.45) is 5.41 Å². The molecule has 1 saturated heterocycles. The summed E-state index contributed by atoms with van der Waals surface area (Å²) in [5, 5.41) is 9.99. The number of likely N-dealkylation sites (N-methyl/N-ethyl adjacent to an activating group) is 1. The molecule has 0 aromatic heterocycles. The number of nitrogens with zero attached hydrogens (tertiary/aromatic N) is 1. The molecule has 4 nitrogen and oxygen atoms in total. The lowest BCUT2D eigenvalue weighted by Crippen LogP contribution is -2.38. The minimum absolute atomic E-state index is 0. The molecule has 0 aromatic rings. The van der Waals surface area contributed by atoms with Crippen LogP contribution in [0.4, 0.5) is 0 Å². The number of hydrogen-bond donors (Lipinski definition) is 1. The van der Waals surface area contributed by atoms with E-state index in [0.717, 1.165) is 43.9 Å². The largest absolute Gasteiger partial charge is 0.497 e. The fourth-order valence-electron chi connectivity index (χ4n) is 4.41. The highest BCUT2D eigenvalue weighted by molar-refractivity contribution is 8.93. The number of rotatable bonds is 1. The summed E-state index contributed by atoms with van der Waals surface area (Å²) in [6.45, 7) is 2.08. The van der Waals surface area contributed by atoms with Gasteiger partial charge < -0.3 is 19.5 Å². The van der Waals surface area contributed by atoms with Gasteiger partial charge in [0.05, 0.1) is 18.6 Å². The molecule has 22 heavy (non-hydrogen) atoms. The highest BCUT2D eigenvalue weighted by Gasteiger charge is 2.55. The Kier molecular flexibility index (Phi) is 4.16. The zero-order valence-corrected chi connectivity index (χ0v) is 14.9. The average Bonchev–Trinajstić information content (AvgIpc) is 2.72. The van der Waals surface area contributed by atoms with E-state index in [1.165, 1.54) is 11.1 Å². The Labute approximate surface area is 142 Å². The van der Waals surface area contributed by atoms with Crippen molar-refractivity contribution in [1.29, 1.82) is 0 Å². The highest BCUT2D eigenvalue weighted by Crippen LogP contribution is 2.57. The number of aliphatic hydroxyl groups is 1. The minimum Gasteiger partial charge on any atom is -0.497 e. The monoisotopic (exact) mass is 369 g/mol. The Bertz CT molecular complexity index is 568. The van der Waals surface area contributed by atoms with Gasteiger partial charge in [-0.2, -0.15) is 0 Å². The summed E-state index contributed by atoms with van der Waals surface area (Å²) in [7, 11) is 3.93. The third-order valence-corrected chi connectivity index (χ3v) is 5.47. The van der Waals surface area contributed by atoms with Crippen LogP contribution in [0.1, 0.15) is 25.7 Å². The summed E-state index contributed by atoms with van der Waals surface area (Å²) in [6.07, 6.45) is 7.54. The molecule has 122 valence electrons. The predicted octanol–water partition coefficient (Wildman–Crippen LogP) is 2.55. The molecular formula is C17H24BrNO3. The molecule has 4 rings (SSSR count). The van der Waals surface area contributed by atoms with E-state index >= 15 is 0 Å². The van der Waals surface area contributed by atoms with Crippen molar-refractivity contribution >= 4 is 17.0 Å². The van der Waals surface area contributed by atoms with E-state index in [2.05, 4.69) is 18.0 Å². The van der Waals surface area contributed by atoms with E-state index in [1.54, 1.807) is 7.11 Å². The minimum atomic E-state index is -0.391. The van der Waals surface area contributed by atoms with Gasteiger partial charge in [0.2, 0.25) is 0 Å². The molecule has 2 aliphatic carbocycles. The van der Waals surface area contributed by atoms with Crippen LogP contribution in [0.25, 0.3) is 0 Å². The number of aliphatic hydroxyl groups excluding tert-OH is 1. The van der Waals surface area contributed by atoms with E-state index in [4.69, 9.17) is 9.47 Å². The molecule has 0 radical (unpaired) electrons. The van der Waals surface area contributed by atoms with Crippen LogP contribution in [0.15, 0.2) is 34.8 Å². The standard InChI is InChI=1S/C17H23NO3.BrH/c1-18-8-7-17-6-5-12(19)9-14(17)21-16-13(20-2)4-3-11(10-18)15(16)17;/h5-6,12,14,19H,3-4,7-10H2,1-2H3;1H/t12-,14-,17-;/m0./s1. The van der Waals surface area contributed by atoms with Gasteiger partial charge in [-0.25, -0.2) is 0 Å². The lowest BCUT2D eigenvalue weighted by molar-refractivity contribution is 0.0351. The molecule has 5 heteroatoms. The Balaban J connectivity index is 0.00000144. The first kappa shape index (κ1) is 16.1. The van der Waals surface area contributed by atoms with Gasteiger partial charge in [0.15, 0.2) is 5.76 Å². The smallest absolute Gasteiger partial charge is 0.161 e. The molecule has 0 saturated carbocycles. The Morgan fingerprint density at radius 2 is 2.23 bits per heavy atom. The summed E-state index contributed by atoms with van der Waals surface area (Å²) in [5.41, 5.74) is 2.80. The molecule has 1 N–H and O–H groups in total. The van der Waals surface area contributed by atoms with Gasteiger partial charge in [-0.05, 0) is 32.0 Å². The van der Waals surface area contributed by atoms with Crippen LogP contribution in [0.3, 0.4) is 0 Å². The van der Waals surface area contributed by atoms with Gasteiger partial charge in [0.25, 0.3) is 0 Å². The van der Waals surface area contributed by atoms with E-state index in [-0.39, 0.29) is 28.5 Å². The first-order valence-corrected chi connectivity index (χ1v) is 7.86. The lowest BCUT2D eigenvalue weighted by atomic mass is 9.67. The van der Waals surface area contributed by atoms with Gasteiger partial charge in [-0.15, -0.1) is 17.0 Å². The van der Waals surface area contributed by atoms with Gasteiger partial charge in [-0.1, -0.05) is 12.2 Å². The predicted molar refractivity (Wildman–Crippen MR) is 89.8 cm³/mol. The van der Waals surface area contributed by atoms with Crippen LogP contribution in [0.2, 0.25) is 0 Å². The molecule has 1 spiro atoms. The third kappa shape index (κ3) is 2.17. The van der Waals surface area contributed by atoms with Crippen LogP contribution in [0, 0.1) is 5.41 Å². The van der Waals surface area contributed by atoms with Gasteiger partial charge in [-0.3, -0.25) is 0 Å². The fraction of sp³-hybridized carbons (Fsp3) is 0.647. The summed E-state index contributed by atoms with van der Waals surface area (Å²) in [5.74, 6) is 1.95. The maximum absolute atomic E-state index is 9.99. The number of hydrogen-bond acceptors (Lipinski definition) is 4. The number of ether oxygens (including phenoxy) is 2. The van der Waals surface area contributed by atoms with Crippen molar-refractivity contribution in [3.8, 4) is 0 Å². The molecular weight excluding hydrogens is 346 g/mol. The van der Waals surface area contributed by atoms with Crippen LogP contribution in [-0.4, -0.2) is 49.5 Å². The van der Waals surface area contributed by atoms with Crippen molar-refractivity contribution in [3.63, 3.8) is 0 Å². The first-order chi connectivity index (χ1) is 10.1. The topological polar surface area (TPSA) is 41.9 Å². The zero-order chi connectivity index (χ0) is 14.6. The van der Waals surface area contributed by atoms with Crippen molar-refractivity contribution in [3.05, 3.63) is 34.8 Å². The summed E-state index contributed by atoms with van der Waals surface area (Å²) in [6, 6.07) is 0. The van der Waals surface area contributed by atoms with E-state index in [1.807, 2.05) is 6.08 Å². The molecule has 2 heterocycles. The van der Waals surface area contributed by atoms with E-state index in [0.29, 0.717) is 6.42 Å². The molecule has 0 unspecified atom stereocenters. The van der Waals surface area contributed by atoms with Gasteiger partial charge >= 0.3 is 0 Å². The van der Waals surface area contributed by atoms with Crippen LogP contribution >= 0.6 is 17.0 Å². The van der Waals surface area contributed by atoms with Crippen molar-refractivity contribution in [1.82, 2.24) is 4.90 Å². The summed E-state index contributed by atoms with van der Waals surface area (Å²) < 4.78 is 11.9. The van der Waals surface area contributed by atoms with Crippen LogP contribution < -0.4 is 0 Å². The molecule has 0 aromatic carbocycles. The molecule has 2 aliphatic heterocycles. The maximum Gasteiger partial charge on any atom is 0.161 e. The van der Waals surface area contributed by atoms with Crippen LogP contribution in [-0.2, 0) is 9.47 Å². The Morgan fingerprint density at radius 1 is 1.41 bits per heavy atom. The second-order valence-electron chi connectivity index (χ2n) is 6.73. The quantitative estimate of drug-likeness (QED) is 0.721. The number of allylic oxidation sites excluding steroid dienone is 2. The average molecular weight is 370 g/mol. The fourth-order valence-corrected chi connectivity index (χ4v) is 4.41. The van der Waals surface area contributed by atoms with Gasteiger partial charge in [0, 0.05) is 25.0 Å². The summed E-state index contributed by atoms with van der Waals surface area (Å²) >= 11 is 0. The second-order valence-corrected chi connectivity index (χ2v) is 6.73. The van der Waals surface area contributed by atoms with Crippen LogP contribution in [0.5, 0.6) is 0 Å². The Morgan fingerprint density at radius 3 is 3.00 bits per heavy atom. The molecule has 0 bridgehead atoms. The van der Waals surface area contributed by atoms with Crippen molar-refractivity contribution in [2.45, 2.75) is 37.9 Å². The third-order valence-electron chi connectivity index (χ3n) is 5.47. The van der Waals surface area contributed by atoms with E-state index in [9.17, 15) is 5.11 Å². The molecule has 4 aliphatic rings. The summed E-state index contributed by atoms with van der Waals surface area (Å²) in [4.78, 5) is 2.40. The molecule has 3 atom stereocenters. The van der Waals surface area contributed by atoms with Crippen molar-refractivity contribution in [2.75, 3.05) is 27.2 Å². The molecule has 1 fully saturated rings. The lowest BCUT2D eigenvalue weighted by Gasteiger charge is -2.35. The molecule has 0 amide bonds. The maximum atomic E-state index is 9.99. The highest BCUT2D eigenvalue weighted by atomic mass is 79.9. The first-order valence-electron chi connectivity index (χ1n) is 7.86. The second kappa shape index (κ2) is 5.69. The number of methoxy groups -OCH3 is 1. The normalized spacial score (nSPS) is 37.0. The van der Waals surface area contributed by atoms with Gasteiger partial charge in [0.1, 0.15) is 11.9 Å². The zero-order valence-electron chi connectivity index (χ0n) is 13.2. The SMILES string of the molecule is Br.COC1=C2O[C@H]3C[C@@H](O)C=C[C@]34CCN(C)CC(=C24)CC1. The van der Waals surface area contributed by atoms with Crippen molar-refractivity contribution < 1.29 is 14.6 Å². The van der Waals surface area contributed by atoms with E-state index < -0.39 is 6.10 Å². The Hall–Kier alpha value is -0.780.